The number of phenols is 1. The molecule has 0 bridgehead atoms. The minimum Gasteiger partial charge on any atom is -0.507 e. The second-order valence-electron chi connectivity index (χ2n) is 8.50. The molecule has 170 valence electrons. The number of rotatable bonds is 2. The fourth-order valence-electron chi connectivity index (χ4n) is 5.29. The van der Waals surface area contributed by atoms with E-state index in [2.05, 4.69) is 5.16 Å². The first-order valence-corrected chi connectivity index (χ1v) is 9.83. The SMILES string of the molecule is CN(C)c1ccc(O)c2c1CC1CC3/C(=N/O)C(O)=C(C(N)=O)C(O)(O)C3C(=O)C1=C2O. The lowest BCUT2D eigenvalue weighted by Crippen LogP contribution is -2.59. The number of nitrogens with two attached hydrogens (primary N) is 1. The van der Waals surface area contributed by atoms with E-state index in [0.29, 0.717) is 11.3 Å². The first-order chi connectivity index (χ1) is 14.9. The molecule has 1 aromatic carbocycles. The van der Waals surface area contributed by atoms with Gasteiger partial charge in [0.1, 0.15) is 22.8 Å². The summed E-state index contributed by atoms with van der Waals surface area (Å²) in [4.78, 5) is 27.1. The normalized spacial score (nSPS) is 27.7. The molecule has 3 aliphatic rings. The molecule has 1 amide bonds. The number of carbonyl (C=O) groups excluding carboxylic acids is 2. The number of aliphatic hydroxyl groups excluding tert-OH is 2. The van der Waals surface area contributed by atoms with Gasteiger partial charge >= 0.3 is 0 Å². The lowest BCUT2D eigenvalue weighted by atomic mass is 9.59. The fraction of sp³-hybridized carbons (Fsp3) is 0.381. The van der Waals surface area contributed by atoms with Gasteiger partial charge in [-0.1, -0.05) is 5.16 Å². The Hall–Kier alpha value is -3.57. The predicted octanol–water partition coefficient (Wildman–Crippen LogP) is -0.0731. The highest BCUT2D eigenvalue weighted by atomic mass is 16.5. The van der Waals surface area contributed by atoms with E-state index >= 15 is 0 Å². The van der Waals surface area contributed by atoms with E-state index in [-0.39, 0.29) is 29.7 Å². The zero-order valence-corrected chi connectivity index (χ0v) is 17.3. The molecule has 0 spiro atoms. The largest absolute Gasteiger partial charge is 0.507 e. The summed E-state index contributed by atoms with van der Waals surface area (Å²) in [6, 6.07) is 3.05. The summed E-state index contributed by atoms with van der Waals surface area (Å²) >= 11 is 0. The number of oxime groups is 1. The van der Waals surface area contributed by atoms with Crippen molar-refractivity contribution in [2.24, 2.45) is 28.6 Å². The van der Waals surface area contributed by atoms with Crippen LogP contribution in [0.5, 0.6) is 5.75 Å². The van der Waals surface area contributed by atoms with Gasteiger partial charge in [-0.2, -0.15) is 0 Å². The number of carbonyl (C=O) groups is 2. The molecular formula is C21H23N3O8. The number of Topliss-reactive ketones (excluding diaryl/α,β-unsaturated/α-hetero) is 1. The number of ketones is 1. The van der Waals surface area contributed by atoms with Gasteiger partial charge in [-0.3, -0.25) is 9.59 Å². The Morgan fingerprint density at radius 2 is 1.84 bits per heavy atom. The van der Waals surface area contributed by atoms with Gasteiger partial charge in [-0.05, 0) is 36.5 Å². The minimum atomic E-state index is -3.17. The highest BCUT2D eigenvalue weighted by molar-refractivity contribution is 6.16. The molecule has 0 aromatic heterocycles. The average Bonchev–Trinajstić information content (AvgIpc) is 2.66. The molecule has 1 saturated carbocycles. The van der Waals surface area contributed by atoms with E-state index in [0.717, 1.165) is 0 Å². The second-order valence-corrected chi connectivity index (χ2v) is 8.50. The molecule has 32 heavy (non-hydrogen) atoms. The van der Waals surface area contributed by atoms with E-state index in [1.807, 2.05) is 0 Å². The van der Waals surface area contributed by atoms with E-state index < -0.39 is 58.0 Å². The van der Waals surface area contributed by atoms with Gasteiger partial charge in [0, 0.05) is 31.3 Å². The number of amides is 1. The van der Waals surface area contributed by atoms with E-state index in [9.17, 15) is 40.3 Å². The van der Waals surface area contributed by atoms with Crippen molar-refractivity contribution in [1.29, 1.82) is 0 Å². The van der Waals surface area contributed by atoms with Gasteiger partial charge in [0.05, 0.1) is 11.5 Å². The summed E-state index contributed by atoms with van der Waals surface area (Å²) in [7, 11) is 3.56. The number of primary amides is 1. The van der Waals surface area contributed by atoms with Crippen LogP contribution in [0.2, 0.25) is 0 Å². The van der Waals surface area contributed by atoms with E-state index in [4.69, 9.17) is 5.73 Å². The molecule has 11 heteroatoms. The van der Waals surface area contributed by atoms with Crippen LogP contribution in [0.3, 0.4) is 0 Å². The molecule has 1 aromatic rings. The van der Waals surface area contributed by atoms with Crippen molar-refractivity contribution in [3.8, 4) is 5.75 Å². The molecule has 0 radical (unpaired) electrons. The molecule has 1 fully saturated rings. The summed E-state index contributed by atoms with van der Waals surface area (Å²) < 4.78 is 0. The monoisotopic (exact) mass is 445 g/mol. The van der Waals surface area contributed by atoms with Crippen molar-refractivity contribution in [2.45, 2.75) is 18.6 Å². The Labute approximate surface area is 182 Å². The molecule has 8 N–H and O–H groups in total. The number of aromatic hydroxyl groups is 1. The Morgan fingerprint density at radius 1 is 1.19 bits per heavy atom. The number of benzene rings is 1. The maximum absolute atomic E-state index is 13.5. The molecule has 0 aliphatic heterocycles. The summed E-state index contributed by atoms with van der Waals surface area (Å²) in [5, 5.41) is 65.7. The Balaban J connectivity index is 1.95. The van der Waals surface area contributed by atoms with Crippen LogP contribution in [0.1, 0.15) is 17.5 Å². The summed E-state index contributed by atoms with van der Waals surface area (Å²) in [6.07, 6.45) is 0.192. The Kier molecular flexibility index (Phi) is 4.72. The lowest BCUT2D eigenvalue weighted by molar-refractivity contribution is -0.189. The highest BCUT2D eigenvalue weighted by Crippen LogP contribution is 2.52. The zero-order chi connectivity index (χ0) is 23.7. The first kappa shape index (κ1) is 21.7. The van der Waals surface area contributed by atoms with Crippen LogP contribution >= 0.6 is 0 Å². The van der Waals surface area contributed by atoms with Crippen molar-refractivity contribution in [3.05, 3.63) is 40.2 Å². The number of hydrogen-bond donors (Lipinski definition) is 7. The topological polar surface area (TPSA) is 197 Å². The van der Waals surface area contributed by atoms with Crippen LogP contribution in [-0.2, 0) is 16.0 Å². The van der Waals surface area contributed by atoms with Crippen LogP contribution in [0.4, 0.5) is 5.69 Å². The van der Waals surface area contributed by atoms with Crippen molar-refractivity contribution in [3.63, 3.8) is 0 Å². The molecule has 3 atom stereocenters. The molecule has 11 nitrogen and oxygen atoms in total. The van der Waals surface area contributed by atoms with Crippen LogP contribution in [-0.4, -0.2) is 68.0 Å². The van der Waals surface area contributed by atoms with Gasteiger partial charge in [-0.15, -0.1) is 0 Å². The third-order valence-corrected chi connectivity index (χ3v) is 6.57. The second kappa shape index (κ2) is 6.97. The van der Waals surface area contributed by atoms with Gasteiger partial charge in [0.2, 0.25) is 5.79 Å². The van der Waals surface area contributed by atoms with E-state index in [1.54, 1.807) is 25.1 Å². The summed E-state index contributed by atoms with van der Waals surface area (Å²) in [5.74, 6) is -10.8. The minimum absolute atomic E-state index is 0.0177. The summed E-state index contributed by atoms with van der Waals surface area (Å²) in [6.45, 7) is 0. The number of hydrogen-bond acceptors (Lipinski definition) is 10. The third-order valence-electron chi connectivity index (χ3n) is 6.57. The van der Waals surface area contributed by atoms with Gasteiger partial charge in [0.15, 0.2) is 11.5 Å². The fourth-order valence-corrected chi connectivity index (χ4v) is 5.29. The molecule has 3 aliphatic carbocycles. The number of nitrogens with zero attached hydrogens (tertiary/aromatic N) is 2. The zero-order valence-electron chi connectivity index (χ0n) is 17.3. The van der Waals surface area contributed by atoms with E-state index in [1.165, 1.54) is 6.07 Å². The van der Waals surface area contributed by atoms with Crippen LogP contribution in [0, 0.1) is 17.8 Å². The maximum atomic E-state index is 13.5. The summed E-state index contributed by atoms with van der Waals surface area (Å²) in [5.41, 5.74) is 4.85. The number of phenolic OH excluding ortho intramolecular Hbond substituents is 1. The smallest absolute Gasteiger partial charge is 0.253 e. The molecular weight excluding hydrogens is 422 g/mol. The van der Waals surface area contributed by atoms with Crippen molar-refractivity contribution < 1.29 is 40.3 Å². The Bertz CT molecular complexity index is 1150. The maximum Gasteiger partial charge on any atom is 0.253 e. The first-order valence-electron chi connectivity index (χ1n) is 9.83. The number of allylic oxidation sites excluding steroid dienone is 2. The third kappa shape index (κ3) is 2.71. The highest BCUT2D eigenvalue weighted by Gasteiger charge is 2.61. The quantitative estimate of drug-likeness (QED) is 0.185. The molecule has 0 heterocycles. The Morgan fingerprint density at radius 3 is 2.41 bits per heavy atom. The number of anilines is 1. The van der Waals surface area contributed by atoms with Crippen LogP contribution in [0.15, 0.2) is 34.2 Å². The number of aliphatic hydroxyl groups is 4. The van der Waals surface area contributed by atoms with Crippen molar-refractivity contribution >= 4 is 28.8 Å². The number of fused-ring (bicyclic) bond motifs is 3. The van der Waals surface area contributed by atoms with Crippen molar-refractivity contribution in [2.75, 3.05) is 19.0 Å². The lowest BCUT2D eigenvalue weighted by Gasteiger charge is -2.46. The van der Waals surface area contributed by atoms with Crippen LogP contribution < -0.4 is 10.6 Å². The van der Waals surface area contributed by atoms with Gasteiger partial charge < -0.3 is 41.4 Å². The molecule has 4 rings (SSSR count). The van der Waals surface area contributed by atoms with Gasteiger partial charge in [0.25, 0.3) is 5.91 Å². The average molecular weight is 445 g/mol. The van der Waals surface area contributed by atoms with Crippen LogP contribution in [0.25, 0.3) is 5.76 Å². The van der Waals surface area contributed by atoms with Gasteiger partial charge in [-0.25, -0.2) is 0 Å². The standard InChI is InChI=1S/C21H23N3O8/c1-24(2)10-3-4-11(25)13-8(10)5-7-6-9-14(18(27)12(7)17(13)26)21(30,31)15(20(22)29)19(28)16(9)23-32/h3-4,7,9,14,25-26,28,30-32H,5-6H2,1-2H3,(H2,22,29)/b23-16-. The molecule has 3 unspecified atom stereocenters. The van der Waals surface area contributed by atoms with Crippen molar-refractivity contribution in [1.82, 2.24) is 0 Å². The predicted molar refractivity (Wildman–Crippen MR) is 111 cm³/mol. The molecule has 0 saturated heterocycles.